The van der Waals surface area contributed by atoms with Gasteiger partial charge in [-0.2, -0.15) is 4.31 Å². The number of nitrogen functional groups attached to an aromatic ring is 1. The maximum atomic E-state index is 14.0. The molecule has 21 heavy (non-hydrogen) atoms. The molecule has 0 radical (unpaired) electrons. The molecule has 0 aliphatic rings. The molecule has 0 aliphatic heterocycles. The van der Waals surface area contributed by atoms with Crippen LogP contribution in [0.15, 0.2) is 17.0 Å². The molecular formula is C13H19FN2O4S. The highest BCUT2D eigenvalue weighted by molar-refractivity contribution is 7.89. The molecule has 1 rings (SSSR count). The molecule has 6 nitrogen and oxygen atoms in total. The number of ether oxygens (including phenoxy) is 1. The predicted octanol–water partition coefficient (Wildman–Crippen LogP) is 1.29. The molecule has 0 saturated carbocycles. The van der Waals surface area contributed by atoms with Crippen molar-refractivity contribution in [2.75, 3.05) is 19.4 Å². The number of nitrogens with two attached hydrogens (primary N) is 1. The number of nitrogens with zero attached hydrogens (tertiary/aromatic N) is 1. The van der Waals surface area contributed by atoms with Crippen molar-refractivity contribution in [1.29, 1.82) is 0 Å². The molecule has 0 aliphatic carbocycles. The van der Waals surface area contributed by atoms with Gasteiger partial charge < -0.3 is 10.5 Å². The van der Waals surface area contributed by atoms with Gasteiger partial charge in [0.1, 0.15) is 17.3 Å². The van der Waals surface area contributed by atoms with Crippen LogP contribution in [0.5, 0.6) is 0 Å². The lowest BCUT2D eigenvalue weighted by atomic mass is 10.2. The number of rotatable bonds is 5. The monoisotopic (exact) mass is 318 g/mol. The highest BCUT2D eigenvalue weighted by atomic mass is 32.2. The largest absolute Gasteiger partial charge is 0.468 e. The summed E-state index contributed by atoms with van der Waals surface area (Å²) in [5.74, 6) is -1.63. The van der Waals surface area contributed by atoms with E-state index < -0.39 is 39.3 Å². The van der Waals surface area contributed by atoms with Crippen LogP contribution in [0.2, 0.25) is 0 Å². The van der Waals surface area contributed by atoms with Crippen molar-refractivity contribution < 1.29 is 22.3 Å². The zero-order chi connectivity index (χ0) is 16.4. The quantitative estimate of drug-likeness (QED) is 0.652. The number of methoxy groups -OCH3 is 1. The zero-order valence-corrected chi connectivity index (χ0v) is 13.2. The molecule has 0 unspecified atom stereocenters. The number of carbonyl (C=O) groups is 1. The second kappa shape index (κ2) is 6.40. The normalized spacial score (nSPS) is 12.0. The van der Waals surface area contributed by atoms with Crippen LogP contribution in [0, 0.1) is 12.7 Å². The smallest absolute Gasteiger partial charge is 0.321 e. The van der Waals surface area contributed by atoms with Crippen molar-refractivity contribution in [3.05, 3.63) is 23.5 Å². The van der Waals surface area contributed by atoms with Crippen LogP contribution in [0.3, 0.4) is 0 Å². The number of sulfonamides is 1. The first-order chi connectivity index (χ1) is 9.61. The number of esters is 1. The fourth-order valence-corrected chi connectivity index (χ4v) is 3.39. The number of aryl methyl sites for hydroxylation is 1. The number of benzene rings is 1. The Morgan fingerprint density at radius 3 is 2.48 bits per heavy atom. The maximum Gasteiger partial charge on any atom is 0.321 e. The lowest BCUT2D eigenvalue weighted by Crippen LogP contribution is -2.41. The molecule has 8 heteroatoms. The Hall–Kier alpha value is -1.67. The fourth-order valence-electron chi connectivity index (χ4n) is 1.73. The van der Waals surface area contributed by atoms with Gasteiger partial charge in [-0.05, 0) is 38.5 Å². The number of carbonyl (C=O) groups excluding carboxylic acids is 1. The van der Waals surface area contributed by atoms with Crippen LogP contribution in [-0.2, 0) is 19.6 Å². The number of hydrogen-bond donors (Lipinski definition) is 1. The van der Waals surface area contributed by atoms with Gasteiger partial charge in [0.25, 0.3) is 0 Å². The molecule has 0 spiro atoms. The summed E-state index contributed by atoms with van der Waals surface area (Å²) >= 11 is 0. The Morgan fingerprint density at radius 1 is 1.43 bits per heavy atom. The van der Waals surface area contributed by atoms with E-state index in [0.29, 0.717) is 5.56 Å². The van der Waals surface area contributed by atoms with Crippen LogP contribution < -0.4 is 5.73 Å². The molecule has 0 fully saturated rings. The summed E-state index contributed by atoms with van der Waals surface area (Å²) in [6.45, 7) is 4.24. The second-order valence-corrected chi connectivity index (χ2v) is 6.72. The van der Waals surface area contributed by atoms with Crippen molar-refractivity contribution >= 4 is 21.7 Å². The highest BCUT2D eigenvalue weighted by Gasteiger charge is 2.32. The highest BCUT2D eigenvalue weighted by Crippen LogP contribution is 2.25. The van der Waals surface area contributed by atoms with Crippen LogP contribution in [0.1, 0.15) is 19.4 Å². The van der Waals surface area contributed by atoms with E-state index in [0.717, 1.165) is 23.5 Å². The summed E-state index contributed by atoms with van der Waals surface area (Å²) in [4.78, 5) is 10.8. The third-order valence-electron chi connectivity index (χ3n) is 3.00. The Bertz CT molecular complexity index is 644. The number of anilines is 1. The molecule has 0 heterocycles. The third-order valence-corrected chi connectivity index (χ3v) is 5.03. The Kier molecular flexibility index (Phi) is 5.30. The summed E-state index contributed by atoms with van der Waals surface area (Å²) in [7, 11) is -3.05. The van der Waals surface area contributed by atoms with Crippen LogP contribution in [0.25, 0.3) is 0 Å². The summed E-state index contributed by atoms with van der Waals surface area (Å²) in [6, 6.07) is 1.57. The van der Waals surface area contributed by atoms with Gasteiger partial charge in [-0.1, -0.05) is 0 Å². The fraction of sp³-hybridized carbons (Fsp3) is 0.462. The minimum atomic E-state index is -4.20. The first kappa shape index (κ1) is 17.4. The van der Waals surface area contributed by atoms with E-state index in [1.165, 1.54) is 0 Å². The summed E-state index contributed by atoms with van der Waals surface area (Å²) in [5.41, 5.74) is 6.25. The van der Waals surface area contributed by atoms with E-state index in [1.54, 1.807) is 20.8 Å². The van der Waals surface area contributed by atoms with Crippen LogP contribution in [0.4, 0.5) is 10.1 Å². The van der Waals surface area contributed by atoms with Crippen LogP contribution in [-0.4, -0.2) is 38.4 Å². The van der Waals surface area contributed by atoms with Gasteiger partial charge >= 0.3 is 5.97 Å². The average Bonchev–Trinajstić information content (AvgIpc) is 2.38. The van der Waals surface area contributed by atoms with E-state index in [1.807, 2.05) is 0 Å². The minimum absolute atomic E-state index is 0.164. The zero-order valence-electron chi connectivity index (χ0n) is 12.4. The Morgan fingerprint density at radius 2 is 2.00 bits per heavy atom. The number of halogens is 1. The van der Waals surface area contributed by atoms with Gasteiger partial charge in [-0.3, -0.25) is 4.79 Å². The Labute approximate surface area is 123 Å². The lowest BCUT2D eigenvalue weighted by molar-refractivity contribution is -0.141. The summed E-state index contributed by atoms with van der Waals surface area (Å²) < 4.78 is 44.4. The molecule has 118 valence electrons. The topological polar surface area (TPSA) is 89.7 Å². The third kappa shape index (κ3) is 3.70. The first-order valence-electron chi connectivity index (χ1n) is 6.25. The van der Waals surface area contributed by atoms with Gasteiger partial charge in [0.05, 0.1) is 7.11 Å². The van der Waals surface area contributed by atoms with E-state index in [-0.39, 0.29) is 5.69 Å². The SMILES string of the molecule is COC(=O)CN(C(C)C)S(=O)(=O)c1cc(N)c(C)cc1F. The Balaban J connectivity index is 3.36. The van der Waals surface area contributed by atoms with Crippen molar-refractivity contribution in [2.24, 2.45) is 0 Å². The van der Waals surface area contributed by atoms with Gasteiger partial charge in [0.15, 0.2) is 0 Å². The molecule has 0 saturated heterocycles. The van der Waals surface area contributed by atoms with E-state index in [2.05, 4.69) is 4.74 Å². The molecule has 0 amide bonds. The molecule has 1 aromatic carbocycles. The molecule has 2 N–H and O–H groups in total. The van der Waals surface area contributed by atoms with Crippen molar-refractivity contribution in [2.45, 2.75) is 31.7 Å². The number of hydrogen-bond acceptors (Lipinski definition) is 5. The molecule has 0 aromatic heterocycles. The van der Waals surface area contributed by atoms with Gasteiger partial charge in [0.2, 0.25) is 10.0 Å². The van der Waals surface area contributed by atoms with E-state index >= 15 is 0 Å². The summed E-state index contributed by atoms with van der Waals surface area (Å²) in [6.07, 6.45) is 0. The van der Waals surface area contributed by atoms with Crippen molar-refractivity contribution in [1.82, 2.24) is 4.31 Å². The lowest BCUT2D eigenvalue weighted by Gasteiger charge is -2.25. The standard InChI is InChI=1S/C13H19FN2O4S/c1-8(2)16(7-13(17)20-4)21(18,19)12-6-11(15)9(3)5-10(12)14/h5-6,8H,7,15H2,1-4H3. The van der Waals surface area contributed by atoms with E-state index in [9.17, 15) is 17.6 Å². The minimum Gasteiger partial charge on any atom is -0.468 e. The van der Waals surface area contributed by atoms with Crippen LogP contribution >= 0.6 is 0 Å². The van der Waals surface area contributed by atoms with E-state index in [4.69, 9.17) is 5.73 Å². The second-order valence-electron chi connectivity index (χ2n) is 4.86. The molecule has 0 atom stereocenters. The maximum absolute atomic E-state index is 14.0. The van der Waals surface area contributed by atoms with Gasteiger partial charge in [-0.25, -0.2) is 12.8 Å². The predicted molar refractivity (Wildman–Crippen MR) is 76.6 cm³/mol. The van der Waals surface area contributed by atoms with Crippen molar-refractivity contribution in [3.63, 3.8) is 0 Å². The molecule has 1 aromatic rings. The van der Waals surface area contributed by atoms with Crippen molar-refractivity contribution in [3.8, 4) is 0 Å². The van der Waals surface area contributed by atoms with Gasteiger partial charge in [0, 0.05) is 11.7 Å². The van der Waals surface area contributed by atoms with Gasteiger partial charge in [-0.15, -0.1) is 0 Å². The average molecular weight is 318 g/mol. The molecule has 0 bridgehead atoms. The molecular weight excluding hydrogens is 299 g/mol. The first-order valence-corrected chi connectivity index (χ1v) is 7.69. The summed E-state index contributed by atoms with van der Waals surface area (Å²) in [5, 5.41) is 0.